The molecule has 3 atom stereocenters. The number of amides is 1. The molecule has 0 bridgehead atoms. The standard InChI is InChI=1S/C19H29N3O6S2/c1-14-11-21(12-15(2)28-14)30(26,27)18-7-5-16(6-8-18)19(23)22(20(3)4)17-9-10-29(24,25)13-17/h5-8,14-15,17H,9-13H2,1-4H3/t14-,15+,17-/m0/s1. The number of hydrazine groups is 1. The van der Waals surface area contributed by atoms with E-state index in [-0.39, 0.29) is 47.6 Å². The van der Waals surface area contributed by atoms with Crippen LogP contribution in [0.1, 0.15) is 30.6 Å². The van der Waals surface area contributed by atoms with Gasteiger partial charge >= 0.3 is 0 Å². The topological polar surface area (TPSA) is 104 Å². The van der Waals surface area contributed by atoms with Crippen LogP contribution in [0.15, 0.2) is 29.2 Å². The first-order valence-corrected chi connectivity index (χ1v) is 13.1. The van der Waals surface area contributed by atoms with E-state index in [0.29, 0.717) is 12.0 Å². The number of ether oxygens (including phenoxy) is 1. The lowest BCUT2D eigenvalue weighted by atomic mass is 10.1. The zero-order chi connectivity index (χ0) is 22.3. The lowest BCUT2D eigenvalue weighted by molar-refractivity contribution is -0.0440. The predicted molar refractivity (Wildman–Crippen MR) is 112 cm³/mol. The minimum atomic E-state index is -3.70. The fourth-order valence-electron chi connectivity index (χ4n) is 4.02. The third-order valence-corrected chi connectivity index (χ3v) is 8.91. The van der Waals surface area contributed by atoms with Gasteiger partial charge in [0.15, 0.2) is 9.84 Å². The Bertz CT molecular complexity index is 982. The molecule has 1 aromatic rings. The number of carbonyl (C=O) groups excluding carboxylic acids is 1. The zero-order valence-electron chi connectivity index (χ0n) is 17.7. The Morgan fingerprint density at radius 2 is 1.67 bits per heavy atom. The van der Waals surface area contributed by atoms with Gasteiger partial charge in [-0.1, -0.05) is 0 Å². The number of hydrogen-bond acceptors (Lipinski definition) is 7. The molecule has 0 unspecified atom stereocenters. The third kappa shape index (κ3) is 4.86. The smallest absolute Gasteiger partial charge is 0.268 e. The number of sulfone groups is 1. The van der Waals surface area contributed by atoms with E-state index in [4.69, 9.17) is 4.74 Å². The first-order valence-electron chi connectivity index (χ1n) is 9.87. The molecule has 2 aliphatic rings. The average molecular weight is 460 g/mol. The second-order valence-corrected chi connectivity index (χ2v) is 12.3. The van der Waals surface area contributed by atoms with Gasteiger partial charge in [-0.2, -0.15) is 4.31 Å². The largest absolute Gasteiger partial charge is 0.373 e. The number of hydrogen-bond donors (Lipinski definition) is 0. The van der Waals surface area contributed by atoms with Crippen LogP contribution in [0.5, 0.6) is 0 Å². The summed E-state index contributed by atoms with van der Waals surface area (Å²) in [6, 6.07) is 5.36. The molecule has 9 nitrogen and oxygen atoms in total. The number of carbonyl (C=O) groups is 1. The quantitative estimate of drug-likeness (QED) is 0.594. The summed E-state index contributed by atoms with van der Waals surface area (Å²) in [6.07, 6.45) is -0.00650. The number of rotatable bonds is 5. The van der Waals surface area contributed by atoms with Crippen molar-refractivity contribution in [1.29, 1.82) is 0 Å². The molecule has 1 amide bonds. The maximum atomic E-state index is 13.0. The van der Waals surface area contributed by atoms with Gasteiger partial charge in [-0.3, -0.25) is 9.80 Å². The van der Waals surface area contributed by atoms with Gasteiger partial charge in [0, 0.05) is 32.7 Å². The van der Waals surface area contributed by atoms with E-state index in [1.807, 2.05) is 13.8 Å². The molecule has 0 aromatic heterocycles. The van der Waals surface area contributed by atoms with Crippen molar-refractivity contribution in [1.82, 2.24) is 14.3 Å². The van der Waals surface area contributed by atoms with Crippen LogP contribution in [0, 0.1) is 0 Å². The zero-order valence-corrected chi connectivity index (χ0v) is 19.3. The molecule has 2 aliphatic heterocycles. The lowest BCUT2D eigenvalue weighted by Crippen LogP contribution is -2.49. The van der Waals surface area contributed by atoms with Crippen molar-refractivity contribution < 1.29 is 26.4 Å². The van der Waals surface area contributed by atoms with Gasteiger partial charge in [-0.05, 0) is 44.5 Å². The molecule has 0 radical (unpaired) electrons. The van der Waals surface area contributed by atoms with Gasteiger partial charge in [0.1, 0.15) is 0 Å². The Balaban J connectivity index is 1.81. The second kappa shape index (κ2) is 8.54. The van der Waals surface area contributed by atoms with Gasteiger partial charge < -0.3 is 4.74 Å². The van der Waals surface area contributed by atoms with Gasteiger partial charge in [-0.15, -0.1) is 0 Å². The Hall–Kier alpha value is -1.53. The molecular formula is C19H29N3O6S2. The highest BCUT2D eigenvalue weighted by atomic mass is 32.2. The molecule has 3 rings (SSSR count). The van der Waals surface area contributed by atoms with Gasteiger partial charge in [-0.25, -0.2) is 21.8 Å². The Labute approximate surface area is 178 Å². The summed E-state index contributed by atoms with van der Waals surface area (Å²) >= 11 is 0. The molecule has 168 valence electrons. The van der Waals surface area contributed by atoms with Crippen molar-refractivity contribution in [3.63, 3.8) is 0 Å². The first-order chi connectivity index (χ1) is 13.9. The number of benzene rings is 1. The third-order valence-electron chi connectivity index (χ3n) is 5.32. The summed E-state index contributed by atoms with van der Waals surface area (Å²) in [6.45, 7) is 4.22. The summed E-state index contributed by atoms with van der Waals surface area (Å²) in [4.78, 5) is 13.2. The fourth-order valence-corrected chi connectivity index (χ4v) is 7.30. The van der Waals surface area contributed by atoms with Crippen LogP contribution < -0.4 is 0 Å². The minimum Gasteiger partial charge on any atom is -0.373 e. The van der Waals surface area contributed by atoms with E-state index in [1.165, 1.54) is 33.6 Å². The molecule has 0 aliphatic carbocycles. The lowest BCUT2D eigenvalue weighted by Gasteiger charge is -2.34. The highest BCUT2D eigenvalue weighted by Crippen LogP contribution is 2.24. The van der Waals surface area contributed by atoms with E-state index in [2.05, 4.69) is 0 Å². The molecule has 11 heteroatoms. The van der Waals surface area contributed by atoms with Crippen molar-refractivity contribution in [2.45, 2.75) is 43.4 Å². The Morgan fingerprint density at radius 1 is 1.10 bits per heavy atom. The summed E-state index contributed by atoms with van der Waals surface area (Å²) in [7, 11) is -3.49. The minimum absolute atomic E-state index is 0.0584. The van der Waals surface area contributed by atoms with Gasteiger partial charge in [0.2, 0.25) is 10.0 Å². The molecule has 2 heterocycles. The monoisotopic (exact) mass is 459 g/mol. The molecule has 1 aromatic carbocycles. The van der Waals surface area contributed by atoms with Crippen molar-refractivity contribution >= 4 is 25.8 Å². The summed E-state index contributed by atoms with van der Waals surface area (Å²) in [5.74, 6) is -0.376. The van der Waals surface area contributed by atoms with Gasteiger partial charge in [0.25, 0.3) is 5.91 Å². The average Bonchev–Trinajstić information content (AvgIpc) is 3.00. The maximum Gasteiger partial charge on any atom is 0.268 e. The maximum absolute atomic E-state index is 13.0. The van der Waals surface area contributed by atoms with Crippen LogP contribution in [0.4, 0.5) is 0 Å². The highest BCUT2D eigenvalue weighted by Gasteiger charge is 2.37. The van der Waals surface area contributed by atoms with Crippen LogP contribution in [0.3, 0.4) is 0 Å². The fraction of sp³-hybridized carbons (Fsp3) is 0.632. The Kier molecular flexibility index (Phi) is 6.59. The molecule has 30 heavy (non-hydrogen) atoms. The summed E-state index contributed by atoms with van der Waals surface area (Å²) < 4.78 is 56.7. The molecule has 2 fully saturated rings. The summed E-state index contributed by atoms with van der Waals surface area (Å²) in [5.41, 5.74) is 0.302. The molecule has 2 saturated heterocycles. The Morgan fingerprint density at radius 3 is 2.13 bits per heavy atom. The number of sulfonamides is 1. The highest BCUT2D eigenvalue weighted by molar-refractivity contribution is 7.91. The molecule has 0 spiro atoms. The number of morpholine rings is 1. The van der Waals surface area contributed by atoms with Gasteiger partial charge in [0.05, 0.1) is 34.7 Å². The molecule has 0 N–H and O–H groups in total. The van der Waals surface area contributed by atoms with E-state index in [1.54, 1.807) is 19.1 Å². The van der Waals surface area contributed by atoms with Crippen LogP contribution in [-0.2, 0) is 24.6 Å². The number of nitrogens with zero attached hydrogens (tertiary/aromatic N) is 3. The van der Waals surface area contributed by atoms with Crippen molar-refractivity contribution in [2.24, 2.45) is 0 Å². The van der Waals surface area contributed by atoms with Crippen molar-refractivity contribution in [2.75, 3.05) is 38.7 Å². The SMILES string of the molecule is C[C@@H]1CN(S(=O)(=O)c2ccc(C(=O)N([C@H]3CCS(=O)(=O)C3)N(C)C)cc2)C[C@H](C)O1. The van der Waals surface area contributed by atoms with E-state index >= 15 is 0 Å². The normalized spacial score (nSPS) is 27.3. The predicted octanol–water partition coefficient (Wildman–Crippen LogP) is 0.590. The van der Waals surface area contributed by atoms with E-state index < -0.39 is 25.9 Å². The molecule has 0 saturated carbocycles. The van der Waals surface area contributed by atoms with Crippen molar-refractivity contribution in [3.05, 3.63) is 29.8 Å². The van der Waals surface area contributed by atoms with Crippen LogP contribution in [0.25, 0.3) is 0 Å². The van der Waals surface area contributed by atoms with Crippen LogP contribution >= 0.6 is 0 Å². The molecular weight excluding hydrogens is 430 g/mol. The van der Waals surface area contributed by atoms with Crippen LogP contribution in [0.2, 0.25) is 0 Å². The van der Waals surface area contributed by atoms with E-state index in [9.17, 15) is 21.6 Å². The first kappa shape index (κ1) is 23.1. The van der Waals surface area contributed by atoms with Crippen LogP contribution in [-0.4, -0.2) is 94.0 Å². The second-order valence-electron chi connectivity index (χ2n) is 8.16. The van der Waals surface area contributed by atoms with Crippen molar-refractivity contribution in [3.8, 4) is 0 Å². The van der Waals surface area contributed by atoms with E-state index in [0.717, 1.165) is 0 Å². The summed E-state index contributed by atoms with van der Waals surface area (Å²) in [5, 5.41) is 3.01.